The number of hydrogen-bond acceptors (Lipinski definition) is 2. The number of ether oxygens (including phenoxy) is 1. The van der Waals surface area contributed by atoms with Crippen molar-refractivity contribution in [3.8, 4) is 18.1 Å². The minimum Gasteiger partial charge on any atom is -0.481 e. The number of benzene rings is 1. The van der Waals surface area contributed by atoms with Crippen LogP contribution in [-0.4, -0.2) is 13.2 Å². The van der Waals surface area contributed by atoms with Crippen molar-refractivity contribution in [1.82, 2.24) is 5.32 Å². The van der Waals surface area contributed by atoms with E-state index >= 15 is 0 Å². The van der Waals surface area contributed by atoms with Crippen molar-refractivity contribution in [2.45, 2.75) is 19.9 Å². The third-order valence-corrected chi connectivity index (χ3v) is 2.19. The van der Waals surface area contributed by atoms with E-state index in [2.05, 4.69) is 31.2 Å². The van der Waals surface area contributed by atoms with Crippen molar-refractivity contribution in [3.05, 3.63) is 29.8 Å². The van der Waals surface area contributed by atoms with Gasteiger partial charge in [-0.1, -0.05) is 25.0 Å². The SMILES string of the molecule is C#CCOc1cccc(C(C)NCC)c1. The molecule has 0 heterocycles. The zero-order chi connectivity index (χ0) is 11.1. The summed E-state index contributed by atoms with van der Waals surface area (Å²) in [5.41, 5.74) is 1.21. The van der Waals surface area contributed by atoms with Crippen molar-refractivity contribution in [3.63, 3.8) is 0 Å². The van der Waals surface area contributed by atoms with Crippen LogP contribution in [-0.2, 0) is 0 Å². The van der Waals surface area contributed by atoms with E-state index in [1.165, 1.54) is 5.56 Å². The van der Waals surface area contributed by atoms with Gasteiger partial charge in [-0.05, 0) is 31.2 Å². The summed E-state index contributed by atoms with van der Waals surface area (Å²) in [5.74, 6) is 3.28. The van der Waals surface area contributed by atoms with Gasteiger partial charge in [-0.3, -0.25) is 0 Å². The van der Waals surface area contributed by atoms with E-state index in [0.29, 0.717) is 12.6 Å². The van der Waals surface area contributed by atoms with E-state index in [1.54, 1.807) is 0 Å². The van der Waals surface area contributed by atoms with Crippen molar-refractivity contribution in [1.29, 1.82) is 0 Å². The smallest absolute Gasteiger partial charge is 0.148 e. The summed E-state index contributed by atoms with van der Waals surface area (Å²) >= 11 is 0. The molecule has 1 aromatic rings. The van der Waals surface area contributed by atoms with Crippen LogP contribution in [0.25, 0.3) is 0 Å². The Balaban J connectivity index is 2.69. The first-order valence-electron chi connectivity index (χ1n) is 5.17. The summed E-state index contributed by atoms with van der Waals surface area (Å²) in [6, 6.07) is 8.33. The lowest BCUT2D eigenvalue weighted by molar-refractivity contribution is 0.369. The molecule has 0 aliphatic heterocycles. The second-order valence-electron chi connectivity index (χ2n) is 3.34. The van der Waals surface area contributed by atoms with E-state index in [-0.39, 0.29) is 0 Å². The van der Waals surface area contributed by atoms with Gasteiger partial charge in [-0.25, -0.2) is 0 Å². The third-order valence-electron chi connectivity index (χ3n) is 2.19. The Hall–Kier alpha value is -1.46. The Morgan fingerprint density at radius 2 is 2.33 bits per heavy atom. The molecule has 0 aromatic heterocycles. The van der Waals surface area contributed by atoms with Crippen molar-refractivity contribution in [2.75, 3.05) is 13.2 Å². The summed E-state index contributed by atoms with van der Waals surface area (Å²) in [7, 11) is 0. The molecule has 0 saturated carbocycles. The molecule has 80 valence electrons. The molecule has 1 atom stereocenters. The summed E-state index contributed by atoms with van der Waals surface area (Å²) in [5, 5.41) is 3.35. The van der Waals surface area contributed by atoms with E-state index in [9.17, 15) is 0 Å². The van der Waals surface area contributed by atoms with Crippen LogP contribution in [0.1, 0.15) is 25.5 Å². The van der Waals surface area contributed by atoms with Crippen LogP contribution >= 0.6 is 0 Å². The van der Waals surface area contributed by atoms with Gasteiger partial charge in [0.1, 0.15) is 12.4 Å². The van der Waals surface area contributed by atoms with Crippen LogP contribution in [0.15, 0.2) is 24.3 Å². The molecule has 0 saturated heterocycles. The lowest BCUT2D eigenvalue weighted by atomic mass is 10.1. The van der Waals surface area contributed by atoms with Crippen LogP contribution in [0.2, 0.25) is 0 Å². The highest BCUT2D eigenvalue weighted by atomic mass is 16.5. The molecule has 0 radical (unpaired) electrons. The molecule has 0 bridgehead atoms. The van der Waals surface area contributed by atoms with Gasteiger partial charge in [0.25, 0.3) is 0 Å². The zero-order valence-electron chi connectivity index (χ0n) is 9.29. The minimum absolute atomic E-state index is 0.318. The molecular weight excluding hydrogens is 186 g/mol. The maximum absolute atomic E-state index is 5.36. The van der Waals surface area contributed by atoms with Gasteiger partial charge in [0.2, 0.25) is 0 Å². The van der Waals surface area contributed by atoms with Gasteiger partial charge in [0.05, 0.1) is 0 Å². The molecular formula is C13H17NO. The van der Waals surface area contributed by atoms with Crippen LogP contribution in [0.5, 0.6) is 5.75 Å². The highest BCUT2D eigenvalue weighted by Crippen LogP contribution is 2.18. The molecule has 0 amide bonds. The Labute approximate surface area is 91.6 Å². The van der Waals surface area contributed by atoms with Crippen molar-refractivity contribution < 1.29 is 4.74 Å². The highest BCUT2D eigenvalue weighted by molar-refractivity contribution is 5.30. The van der Waals surface area contributed by atoms with E-state index < -0.39 is 0 Å². The normalized spacial score (nSPS) is 11.8. The molecule has 1 unspecified atom stereocenters. The van der Waals surface area contributed by atoms with E-state index in [1.807, 2.05) is 18.2 Å². The highest BCUT2D eigenvalue weighted by Gasteiger charge is 2.04. The second-order valence-corrected chi connectivity index (χ2v) is 3.34. The average molecular weight is 203 g/mol. The number of nitrogens with one attached hydrogen (secondary N) is 1. The van der Waals surface area contributed by atoms with E-state index in [4.69, 9.17) is 11.2 Å². The first kappa shape index (κ1) is 11.6. The Bertz CT molecular complexity index is 341. The van der Waals surface area contributed by atoms with Crippen molar-refractivity contribution >= 4 is 0 Å². The fourth-order valence-corrected chi connectivity index (χ4v) is 1.42. The first-order valence-corrected chi connectivity index (χ1v) is 5.17. The molecule has 0 fully saturated rings. The predicted octanol–water partition coefficient (Wildman–Crippen LogP) is 2.37. The average Bonchev–Trinajstić information content (AvgIpc) is 2.27. The lowest BCUT2D eigenvalue weighted by Crippen LogP contribution is -2.17. The Morgan fingerprint density at radius 3 is 3.00 bits per heavy atom. The fourth-order valence-electron chi connectivity index (χ4n) is 1.42. The first-order chi connectivity index (χ1) is 7.27. The van der Waals surface area contributed by atoms with Crippen LogP contribution < -0.4 is 10.1 Å². The Kier molecular flexibility index (Phi) is 4.73. The minimum atomic E-state index is 0.318. The predicted molar refractivity (Wildman–Crippen MR) is 62.9 cm³/mol. The second kappa shape index (κ2) is 6.10. The van der Waals surface area contributed by atoms with Gasteiger partial charge in [0.15, 0.2) is 0 Å². The third kappa shape index (κ3) is 3.65. The maximum atomic E-state index is 5.36. The maximum Gasteiger partial charge on any atom is 0.148 e. The summed E-state index contributed by atoms with van der Waals surface area (Å²) in [4.78, 5) is 0. The zero-order valence-corrected chi connectivity index (χ0v) is 9.29. The molecule has 1 aromatic carbocycles. The van der Waals surface area contributed by atoms with Gasteiger partial charge < -0.3 is 10.1 Å². The summed E-state index contributed by atoms with van der Waals surface area (Å²) in [6.07, 6.45) is 5.13. The molecule has 1 rings (SSSR count). The molecule has 15 heavy (non-hydrogen) atoms. The van der Waals surface area contributed by atoms with Gasteiger partial charge in [-0.2, -0.15) is 0 Å². The molecule has 0 aliphatic rings. The standard InChI is InChI=1S/C13H17NO/c1-4-9-15-13-8-6-7-12(10-13)11(3)14-5-2/h1,6-8,10-11,14H,5,9H2,2-3H3. The summed E-state index contributed by atoms with van der Waals surface area (Å²) in [6.45, 7) is 5.49. The molecule has 2 heteroatoms. The van der Waals surface area contributed by atoms with Crippen LogP contribution in [0, 0.1) is 12.3 Å². The quantitative estimate of drug-likeness (QED) is 0.742. The summed E-state index contributed by atoms with van der Waals surface area (Å²) < 4.78 is 5.36. The van der Waals surface area contributed by atoms with Gasteiger partial charge >= 0.3 is 0 Å². The monoisotopic (exact) mass is 203 g/mol. The van der Waals surface area contributed by atoms with Crippen LogP contribution in [0.4, 0.5) is 0 Å². The van der Waals surface area contributed by atoms with Crippen molar-refractivity contribution in [2.24, 2.45) is 0 Å². The van der Waals surface area contributed by atoms with Crippen LogP contribution in [0.3, 0.4) is 0 Å². The largest absolute Gasteiger partial charge is 0.481 e. The topological polar surface area (TPSA) is 21.3 Å². The Morgan fingerprint density at radius 1 is 1.53 bits per heavy atom. The fraction of sp³-hybridized carbons (Fsp3) is 0.385. The molecule has 0 aliphatic carbocycles. The number of hydrogen-bond donors (Lipinski definition) is 1. The molecule has 0 spiro atoms. The van der Waals surface area contributed by atoms with E-state index in [0.717, 1.165) is 12.3 Å². The lowest BCUT2D eigenvalue weighted by Gasteiger charge is -2.13. The van der Waals surface area contributed by atoms with Gasteiger partial charge in [0, 0.05) is 6.04 Å². The molecule has 2 nitrogen and oxygen atoms in total. The number of terminal acetylenes is 1. The van der Waals surface area contributed by atoms with Gasteiger partial charge in [-0.15, -0.1) is 6.42 Å². The number of rotatable bonds is 5. The molecule has 1 N–H and O–H groups in total.